The van der Waals surface area contributed by atoms with Crippen LogP contribution in [0.1, 0.15) is 31.7 Å². The molecule has 0 aliphatic carbocycles. The Kier molecular flexibility index (Phi) is 6.12. The van der Waals surface area contributed by atoms with Crippen molar-refractivity contribution in [2.75, 3.05) is 18.5 Å². The third-order valence-corrected chi connectivity index (χ3v) is 5.23. The third-order valence-electron chi connectivity index (χ3n) is 5.23. The smallest absolute Gasteiger partial charge is 0.394 e. The average Bonchev–Trinajstić information content (AvgIpc) is 3.18. The molecule has 9 nitrogen and oxygen atoms in total. The van der Waals surface area contributed by atoms with Crippen LogP contribution in [0, 0.1) is 0 Å². The van der Waals surface area contributed by atoms with Crippen molar-refractivity contribution in [3.05, 3.63) is 58.1 Å². The Bertz CT molecular complexity index is 1340. The molecule has 0 spiro atoms. The van der Waals surface area contributed by atoms with Gasteiger partial charge in [-0.2, -0.15) is 0 Å². The van der Waals surface area contributed by atoms with Crippen molar-refractivity contribution in [1.82, 2.24) is 9.55 Å². The van der Waals surface area contributed by atoms with Gasteiger partial charge in [0, 0.05) is 17.8 Å². The number of hydrogen-bond donors (Lipinski definition) is 2. The summed E-state index contributed by atoms with van der Waals surface area (Å²) in [5.41, 5.74) is 2.11. The minimum atomic E-state index is -1.60. The van der Waals surface area contributed by atoms with E-state index < -0.39 is 11.9 Å². The van der Waals surface area contributed by atoms with Gasteiger partial charge in [0.15, 0.2) is 11.5 Å². The van der Waals surface area contributed by atoms with Crippen LogP contribution < -0.4 is 20.3 Å². The normalized spacial score (nSPS) is 13.7. The summed E-state index contributed by atoms with van der Waals surface area (Å²) in [4.78, 5) is 40.0. The number of aliphatic carboxylic acids is 1. The highest BCUT2D eigenvalue weighted by atomic mass is 16.5. The zero-order valence-corrected chi connectivity index (χ0v) is 18.3. The number of carboxylic acids is 1. The van der Waals surface area contributed by atoms with E-state index in [4.69, 9.17) is 14.6 Å². The van der Waals surface area contributed by atoms with Crippen LogP contribution in [0.5, 0.6) is 11.5 Å². The first-order chi connectivity index (χ1) is 15.9. The number of carbonyl (C=O) groups is 2. The number of anilines is 1. The van der Waals surface area contributed by atoms with Crippen LogP contribution in [0.3, 0.4) is 0 Å². The van der Waals surface area contributed by atoms with Gasteiger partial charge < -0.3 is 19.9 Å². The van der Waals surface area contributed by atoms with Crippen molar-refractivity contribution in [2.24, 2.45) is 0 Å². The lowest BCUT2D eigenvalue weighted by Crippen LogP contribution is -2.23. The first-order valence-corrected chi connectivity index (χ1v) is 10.6. The van der Waals surface area contributed by atoms with Crippen molar-refractivity contribution in [3.63, 3.8) is 0 Å². The zero-order valence-electron chi connectivity index (χ0n) is 18.3. The Morgan fingerprint density at radius 1 is 1.18 bits per heavy atom. The van der Waals surface area contributed by atoms with Crippen molar-refractivity contribution in [1.29, 1.82) is 0 Å². The van der Waals surface area contributed by atoms with Crippen molar-refractivity contribution in [3.8, 4) is 11.5 Å². The first kappa shape index (κ1) is 22.1. The topological polar surface area (TPSA) is 120 Å². The lowest BCUT2D eigenvalue weighted by Gasteiger charge is -2.14. The minimum absolute atomic E-state index is 0.192. The van der Waals surface area contributed by atoms with E-state index in [1.165, 1.54) is 18.2 Å². The van der Waals surface area contributed by atoms with E-state index >= 15 is 0 Å². The quantitative estimate of drug-likeness (QED) is 0.555. The highest BCUT2D eigenvalue weighted by Crippen LogP contribution is 2.36. The second kappa shape index (κ2) is 9.15. The van der Waals surface area contributed by atoms with Crippen molar-refractivity contribution in [2.45, 2.75) is 26.8 Å². The van der Waals surface area contributed by atoms with Crippen molar-refractivity contribution >= 4 is 40.1 Å². The standard InChI is InChI=1S/C24H23N3O6/c1-3-32-19-7-5-6-14(20(19)33-4-2)12-15-10-11-27-21(15)26-18-13-16(25-22(28)24(30)31)8-9-17(18)23(27)29/h5-9,12-13H,3-4,10-11H2,1-2H3,(H,25,28)(H,30,31). The monoisotopic (exact) mass is 449 g/mol. The summed E-state index contributed by atoms with van der Waals surface area (Å²) in [6, 6.07) is 10.2. The van der Waals surface area contributed by atoms with Gasteiger partial charge in [-0.05, 0) is 56.2 Å². The maximum Gasteiger partial charge on any atom is 0.394 e. The summed E-state index contributed by atoms with van der Waals surface area (Å²) >= 11 is 0. The van der Waals surface area contributed by atoms with Crippen LogP contribution in [-0.4, -0.2) is 39.7 Å². The predicted molar refractivity (Wildman–Crippen MR) is 124 cm³/mol. The van der Waals surface area contributed by atoms with Gasteiger partial charge in [0.1, 0.15) is 5.82 Å². The molecule has 1 aliphatic heterocycles. The molecular weight excluding hydrogens is 426 g/mol. The Balaban J connectivity index is 1.79. The summed E-state index contributed by atoms with van der Waals surface area (Å²) < 4.78 is 13.2. The molecule has 2 heterocycles. The summed E-state index contributed by atoms with van der Waals surface area (Å²) in [6.07, 6.45) is 2.56. The molecule has 2 aromatic carbocycles. The SMILES string of the molecule is CCOc1cccc(C=C2CCn3c2nc2cc(NC(=O)C(=O)O)ccc2c3=O)c1OCC. The molecule has 0 atom stereocenters. The molecule has 3 aromatic rings. The highest BCUT2D eigenvalue weighted by Gasteiger charge is 2.22. The second-order valence-electron chi connectivity index (χ2n) is 7.34. The molecule has 1 aromatic heterocycles. The maximum atomic E-state index is 13.0. The number of benzene rings is 2. The lowest BCUT2D eigenvalue weighted by atomic mass is 10.1. The minimum Gasteiger partial charge on any atom is -0.490 e. The van der Waals surface area contributed by atoms with Gasteiger partial charge in [-0.15, -0.1) is 0 Å². The number of nitrogens with zero attached hydrogens (tertiary/aromatic N) is 2. The predicted octanol–water partition coefficient (Wildman–Crippen LogP) is 3.16. The average molecular weight is 449 g/mol. The number of hydrogen-bond acceptors (Lipinski definition) is 6. The largest absolute Gasteiger partial charge is 0.490 e. The van der Waals surface area contributed by atoms with Gasteiger partial charge in [0.25, 0.3) is 5.56 Å². The molecule has 0 radical (unpaired) electrons. The van der Waals surface area contributed by atoms with Crippen LogP contribution in [0.25, 0.3) is 22.6 Å². The van der Waals surface area contributed by atoms with E-state index in [2.05, 4.69) is 10.3 Å². The number of allylic oxidation sites excluding steroid dienone is 1. The van der Waals surface area contributed by atoms with Crippen molar-refractivity contribution < 1.29 is 24.2 Å². The van der Waals surface area contributed by atoms with Gasteiger partial charge in [0.05, 0.1) is 24.1 Å². The molecule has 0 bridgehead atoms. The molecule has 170 valence electrons. The number of rotatable bonds is 6. The Morgan fingerprint density at radius 3 is 2.70 bits per heavy atom. The molecule has 1 amide bonds. The first-order valence-electron chi connectivity index (χ1n) is 10.6. The fourth-order valence-corrected chi connectivity index (χ4v) is 3.82. The van der Waals surface area contributed by atoms with Crippen LogP contribution in [0.15, 0.2) is 41.2 Å². The molecule has 1 aliphatic rings. The van der Waals surface area contributed by atoms with E-state index in [-0.39, 0.29) is 11.2 Å². The molecule has 0 fully saturated rings. The van der Waals surface area contributed by atoms with E-state index in [0.717, 1.165) is 11.1 Å². The van der Waals surface area contributed by atoms with Gasteiger partial charge in [-0.25, -0.2) is 9.78 Å². The molecule has 2 N–H and O–H groups in total. The van der Waals surface area contributed by atoms with Crippen LogP contribution in [-0.2, 0) is 16.1 Å². The van der Waals surface area contributed by atoms with Gasteiger partial charge in [-0.3, -0.25) is 14.2 Å². The Hall–Kier alpha value is -4.14. The van der Waals surface area contributed by atoms with Crippen LogP contribution in [0.4, 0.5) is 5.69 Å². The fraction of sp³-hybridized carbons (Fsp3) is 0.250. The number of ether oxygens (including phenoxy) is 2. The molecule has 0 saturated heterocycles. The molecule has 33 heavy (non-hydrogen) atoms. The van der Waals surface area contributed by atoms with Gasteiger partial charge in [0.2, 0.25) is 0 Å². The van der Waals surface area contributed by atoms with E-state index in [0.29, 0.717) is 54.4 Å². The molecule has 9 heteroatoms. The fourth-order valence-electron chi connectivity index (χ4n) is 3.82. The Labute approximate surface area is 189 Å². The van der Waals surface area contributed by atoms with E-state index in [1.807, 2.05) is 38.1 Å². The molecule has 0 saturated carbocycles. The zero-order chi connectivity index (χ0) is 23.5. The number of amides is 1. The molecular formula is C24H23N3O6. The van der Waals surface area contributed by atoms with E-state index in [1.54, 1.807) is 4.57 Å². The number of carboxylic acid groups (broad SMARTS) is 1. The molecule has 0 unspecified atom stereocenters. The van der Waals surface area contributed by atoms with Crippen LogP contribution in [0.2, 0.25) is 0 Å². The Morgan fingerprint density at radius 2 is 1.97 bits per heavy atom. The molecule has 4 rings (SSSR count). The number of carbonyl (C=O) groups excluding carboxylic acids is 1. The number of aromatic nitrogens is 2. The second-order valence-corrected chi connectivity index (χ2v) is 7.34. The summed E-state index contributed by atoms with van der Waals surface area (Å²) in [5, 5.41) is 11.5. The van der Waals surface area contributed by atoms with Gasteiger partial charge >= 0.3 is 11.9 Å². The summed E-state index contributed by atoms with van der Waals surface area (Å²) in [6.45, 7) is 5.29. The van der Waals surface area contributed by atoms with Gasteiger partial charge in [-0.1, -0.05) is 12.1 Å². The summed E-state index contributed by atoms with van der Waals surface area (Å²) in [7, 11) is 0. The van der Waals surface area contributed by atoms with Crippen LogP contribution >= 0.6 is 0 Å². The highest BCUT2D eigenvalue weighted by molar-refractivity contribution is 6.36. The number of fused-ring (bicyclic) bond motifs is 2. The lowest BCUT2D eigenvalue weighted by molar-refractivity contribution is -0.147. The number of nitrogens with one attached hydrogen (secondary N) is 1. The van der Waals surface area contributed by atoms with E-state index in [9.17, 15) is 14.4 Å². The third kappa shape index (κ3) is 4.30. The summed E-state index contributed by atoms with van der Waals surface area (Å²) in [5.74, 6) is -0.949. The number of para-hydroxylation sites is 1. The maximum absolute atomic E-state index is 13.0.